The molecule has 0 unspecified atom stereocenters. The SMILES string of the molecule is CN(C)c1cccc(C(=O)NNC(=O)CCc2cnn(-c3ccccc3)c2)c1. The number of carbonyl (C=O) groups is 2. The fourth-order valence-corrected chi connectivity index (χ4v) is 2.66. The van der Waals surface area contributed by atoms with Crippen molar-refractivity contribution in [3.8, 4) is 5.69 Å². The molecule has 1 heterocycles. The summed E-state index contributed by atoms with van der Waals surface area (Å²) >= 11 is 0. The number of amides is 2. The highest BCUT2D eigenvalue weighted by atomic mass is 16.2. The van der Waals surface area contributed by atoms with E-state index in [1.807, 2.05) is 61.6 Å². The normalized spacial score (nSPS) is 10.4. The summed E-state index contributed by atoms with van der Waals surface area (Å²) in [7, 11) is 3.80. The quantitative estimate of drug-likeness (QED) is 0.646. The van der Waals surface area contributed by atoms with Gasteiger partial charge in [0.15, 0.2) is 0 Å². The molecule has 0 saturated carbocycles. The zero-order valence-electron chi connectivity index (χ0n) is 15.9. The van der Waals surface area contributed by atoms with E-state index < -0.39 is 0 Å². The molecule has 2 N–H and O–H groups in total. The Morgan fingerprint density at radius 3 is 2.57 bits per heavy atom. The number of hydrogen-bond donors (Lipinski definition) is 2. The van der Waals surface area contributed by atoms with Gasteiger partial charge in [0.2, 0.25) is 5.91 Å². The first-order valence-corrected chi connectivity index (χ1v) is 8.98. The van der Waals surface area contributed by atoms with Crippen molar-refractivity contribution in [3.05, 3.63) is 78.1 Å². The Balaban J connectivity index is 1.48. The summed E-state index contributed by atoms with van der Waals surface area (Å²) in [5, 5.41) is 4.31. The summed E-state index contributed by atoms with van der Waals surface area (Å²) in [5.41, 5.74) is 8.22. The molecule has 0 fully saturated rings. The molecular formula is C21H23N5O2. The van der Waals surface area contributed by atoms with Gasteiger partial charge in [-0.15, -0.1) is 0 Å². The third kappa shape index (κ3) is 4.97. The summed E-state index contributed by atoms with van der Waals surface area (Å²) in [5.74, 6) is -0.612. The number of rotatable bonds is 6. The minimum Gasteiger partial charge on any atom is -0.378 e. The van der Waals surface area contributed by atoms with E-state index in [2.05, 4.69) is 16.0 Å². The Morgan fingerprint density at radius 2 is 1.82 bits per heavy atom. The molecular weight excluding hydrogens is 354 g/mol. The zero-order valence-corrected chi connectivity index (χ0v) is 15.9. The first kappa shape index (κ1) is 19.2. The van der Waals surface area contributed by atoms with Crippen LogP contribution in [0.15, 0.2) is 67.0 Å². The molecule has 3 rings (SSSR count). The first-order valence-electron chi connectivity index (χ1n) is 8.98. The van der Waals surface area contributed by atoms with E-state index in [1.165, 1.54) is 0 Å². The van der Waals surface area contributed by atoms with Crippen molar-refractivity contribution >= 4 is 17.5 Å². The third-order valence-corrected chi connectivity index (χ3v) is 4.24. The lowest BCUT2D eigenvalue weighted by Crippen LogP contribution is -2.41. The fraction of sp³-hybridized carbons (Fsp3) is 0.190. The van der Waals surface area contributed by atoms with E-state index in [0.717, 1.165) is 16.9 Å². The summed E-state index contributed by atoms with van der Waals surface area (Å²) in [6.45, 7) is 0. The molecule has 0 spiro atoms. The maximum Gasteiger partial charge on any atom is 0.269 e. The zero-order chi connectivity index (χ0) is 19.9. The van der Waals surface area contributed by atoms with E-state index in [9.17, 15) is 9.59 Å². The second-order valence-electron chi connectivity index (χ2n) is 6.58. The van der Waals surface area contributed by atoms with E-state index in [4.69, 9.17) is 0 Å². The van der Waals surface area contributed by atoms with Crippen LogP contribution in [0.3, 0.4) is 0 Å². The molecule has 1 aromatic heterocycles. The molecule has 28 heavy (non-hydrogen) atoms. The molecule has 7 nitrogen and oxygen atoms in total. The minimum absolute atomic E-state index is 0.249. The van der Waals surface area contributed by atoms with Crippen molar-refractivity contribution in [1.82, 2.24) is 20.6 Å². The van der Waals surface area contributed by atoms with Crippen molar-refractivity contribution in [2.75, 3.05) is 19.0 Å². The predicted octanol–water partition coefficient (Wildman–Crippen LogP) is 2.33. The topological polar surface area (TPSA) is 79.3 Å². The lowest BCUT2D eigenvalue weighted by atomic mass is 10.2. The Morgan fingerprint density at radius 1 is 1.04 bits per heavy atom. The van der Waals surface area contributed by atoms with Gasteiger partial charge >= 0.3 is 0 Å². The number of hydrogen-bond acceptors (Lipinski definition) is 4. The van der Waals surface area contributed by atoms with E-state index in [0.29, 0.717) is 12.0 Å². The van der Waals surface area contributed by atoms with Crippen LogP contribution in [0.1, 0.15) is 22.3 Å². The van der Waals surface area contributed by atoms with Crippen LogP contribution in [-0.2, 0) is 11.2 Å². The van der Waals surface area contributed by atoms with Crippen LogP contribution in [0.2, 0.25) is 0 Å². The van der Waals surface area contributed by atoms with Gasteiger partial charge in [-0.05, 0) is 42.3 Å². The number of benzene rings is 2. The first-order chi connectivity index (χ1) is 13.5. The molecule has 0 aliphatic heterocycles. The molecule has 2 amide bonds. The highest BCUT2D eigenvalue weighted by Gasteiger charge is 2.09. The Kier molecular flexibility index (Phi) is 6.06. The van der Waals surface area contributed by atoms with Crippen LogP contribution in [0.4, 0.5) is 5.69 Å². The summed E-state index contributed by atoms with van der Waals surface area (Å²) < 4.78 is 1.77. The predicted molar refractivity (Wildman–Crippen MR) is 108 cm³/mol. The number of aryl methyl sites for hydroxylation is 1. The van der Waals surface area contributed by atoms with Crippen molar-refractivity contribution in [1.29, 1.82) is 0 Å². The molecule has 0 aliphatic carbocycles. The van der Waals surface area contributed by atoms with Gasteiger partial charge in [0.25, 0.3) is 5.91 Å². The maximum absolute atomic E-state index is 12.2. The fourth-order valence-electron chi connectivity index (χ4n) is 2.66. The Labute approximate surface area is 163 Å². The number of para-hydroxylation sites is 1. The number of carbonyl (C=O) groups excluding carboxylic acids is 2. The largest absolute Gasteiger partial charge is 0.378 e. The van der Waals surface area contributed by atoms with Crippen molar-refractivity contribution in [2.45, 2.75) is 12.8 Å². The second-order valence-corrected chi connectivity index (χ2v) is 6.58. The molecule has 144 valence electrons. The smallest absolute Gasteiger partial charge is 0.269 e. The van der Waals surface area contributed by atoms with Gasteiger partial charge in [0.1, 0.15) is 0 Å². The summed E-state index contributed by atoms with van der Waals surface area (Å²) in [6.07, 6.45) is 4.42. The van der Waals surface area contributed by atoms with Gasteiger partial charge in [-0.25, -0.2) is 4.68 Å². The van der Waals surface area contributed by atoms with Gasteiger partial charge in [-0.1, -0.05) is 24.3 Å². The highest BCUT2D eigenvalue weighted by Crippen LogP contribution is 2.13. The number of hydrazine groups is 1. The number of aromatic nitrogens is 2. The number of nitrogens with one attached hydrogen (secondary N) is 2. The Hall–Kier alpha value is -3.61. The second kappa shape index (κ2) is 8.85. The van der Waals surface area contributed by atoms with E-state index in [1.54, 1.807) is 29.1 Å². The van der Waals surface area contributed by atoms with Gasteiger partial charge < -0.3 is 4.90 Å². The molecule has 0 radical (unpaired) electrons. The van der Waals surface area contributed by atoms with Gasteiger partial charge in [0.05, 0.1) is 11.9 Å². The van der Waals surface area contributed by atoms with Gasteiger partial charge in [-0.2, -0.15) is 5.10 Å². The van der Waals surface area contributed by atoms with Crippen LogP contribution in [-0.4, -0.2) is 35.7 Å². The average Bonchev–Trinajstić information content (AvgIpc) is 3.20. The number of nitrogens with zero attached hydrogens (tertiary/aromatic N) is 3. The van der Waals surface area contributed by atoms with E-state index >= 15 is 0 Å². The third-order valence-electron chi connectivity index (χ3n) is 4.24. The molecule has 7 heteroatoms. The van der Waals surface area contributed by atoms with Crippen molar-refractivity contribution in [2.24, 2.45) is 0 Å². The average molecular weight is 377 g/mol. The maximum atomic E-state index is 12.2. The van der Waals surface area contributed by atoms with Crippen LogP contribution >= 0.6 is 0 Å². The monoisotopic (exact) mass is 377 g/mol. The molecule has 0 bridgehead atoms. The summed E-state index contributed by atoms with van der Waals surface area (Å²) in [6, 6.07) is 16.9. The van der Waals surface area contributed by atoms with Gasteiger partial charge in [-0.3, -0.25) is 20.4 Å². The highest BCUT2D eigenvalue weighted by molar-refractivity contribution is 5.96. The number of anilines is 1. The van der Waals surface area contributed by atoms with Crippen LogP contribution < -0.4 is 15.8 Å². The molecule has 0 saturated heterocycles. The lowest BCUT2D eigenvalue weighted by molar-refractivity contribution is -0.121. The standard InChI is InChI=1S/C21H23N5O2/c1-25(2)19-10-6-7-17(13-19)21(28)24-23-20(27)12-11-16-14-22-26(15-16)18-8-4-3-5-9-18/h3-10,13-15H,11-12H2,1-2H3,(H,23,27)(H,24,28). The van der Waals surface area contributed by atoms with E-state index in [-0.39, 0.29) is 18.2 Å². The van der Waals surface area contributed by atoms with Gasteiger partial charge in [0, 0.05) is 38.0 Å². The van der Waals surface area contributed by atoms with Crippen molar-refractivity contribution < 1.29 is 9.59 Å². The molecule has 2 aromatic carbocycles. The van der Waals surface area contributed by atoms with Crippen LogP contribution in [0.5, 0.6) is 0 Å². The Bertz CT molecular complexity index is 950. The molecule has 3 aromatic rings. The molecule has 0 atom stereocenters. The lowest BCUT2D eigenvalue weighted by Gasteiger charge is -2.13. The minimum atomic E-state index is -0.353. The van der Waals surface area contributed by atoms with Crippen LogP contribution in [0.25, 0.3) is 5.69 Å². The molecule has 0 aliphatic rings. The van der Waals surface area contributed by atoms with Crippen LogP contribution in [0, 0.1) is 0 Å². The summed E-state index contributed by atoms with van der Waals surface area (Å²) in [4.78, 5) is 26.2. The van der Waals surface area contributed by atoms with Crippen molar-refractivity contribution in [3.63, 3.8) is 0 Å².